The number of esters is 1. The molecule has 3 aromatic rings. The highest BCUT2D eigenvalue weighted by molar-refractivity contribution is 5.92. The highest BCUT2D eigenvalue weighted by atomic mass is 16.5. The van der Waals surface area contributed by atoms with Gasteiger partial charge in [-0.25, -0.2) is 9.48 Å². The van der Waals surface area contributed by atoms with Crippen LogP contribution in [0.2, 0.25) is 0 Å². The van der Waals surface area contributed by atoms with Gasteiger partial charge in [0.2, 0.25) is 5.95 Å². The Kier molecular flexibility index (Phi) is 5.57. The van der Waals surface area contributed by atoms with Crippen LogP contribution in [0, 0.1) is 0 Å². The third-order valence-corrected chi connectivity index (χ3v) is 5.00. The summed E-state index contributed by atoms with van der Waals surface area (Å²) >= 11 is 0. The second kappa shape index (κ2) is 8.47. The van der Waals surface area contributed by atoms with Crippen molar-refractivity contribution in [3.8, 4) is 22.9 Å². The molecular formula is C22H23N5O4. The van der Waals surface area contributed by atoms with Crippen LogP contribution < -0.4 is 14.8 Å². The third-order valence-electron chi connectivity index (χ3n) is 5.00. The van der Waals surface area contributed by atoms with Crippen molar-refractivity contribution in [3.63, 3.8) is 0 Å². The number of anilines is 1. The quantitative estimate of drug-likeness (QED) is 0.606. The van der Waals surface area contributed by atoms with Crippen molar-refractivity contribution >= 4 is 11.9 Å². The zero-order chi connectivity index (χ0) is 22.0. The Labute approximate surface area is 179 Å². The van der Waals surface area contributed by atoms with Gasteiger partial charge < -0.3 is 19.5 Å². The summed E-state index contributed by atoms with van der Waals surface area (Å²) in [5.74, 6) is 1.61. The molecule has 1 unspecified atom stereocenters. The summed E-state index contributed by atoms with van der Waals surface area (Å²) in [5, 5.41) is 7.88. The number of nitrogens with one attached hydrogen (secondary N) is 1. The maximum atomic E-state index is 13.0. The van der Waals surface area contributed by atoms with Crippen LogP contribution in [0.25, 0.3) is 11.4 Å². The Hall–Kier alpha value is -3.88. The number of fused-ring (bicyclic) bond motifs is 1. The smallest absolute Gasteiger partial charge is 0.338 e. The summed E-state index contributed by atoms with van der Waals surface area (Å²) in [7, 11) is 3.13. The Morgan fingerprint density at radius 3 is 2.71 bits per heavy atom. The second-order valence-corrected chi connectivity index (χ2v) is 6.81. The van der Waals surface area contributed by atoms with Crippen LogP contribution in [0.4, 0.5) is 5.95 Å². The molecule has 1 atom stereocenters. The molecule has 9 heteroatoms. The molecule has 1 N–H and O–H groups in total. The number of hydrogen-bond acceptors (Lipinski definition) is 8. The van der Waals surface area contributed by atoms with Gasteiger partial charge >= 0.3 is 5.97 Å². The predicted octanol–water partition coefficient (Wildman–Crippen LogP) is 3.21. The first-order chi connectivity index (χ1) is 15.1. The van der Waals surface area contributed by atoms with E-state index in [1.54, 1.807) is 44.3 Å². The van der Waals surface area contributed by atoms with E-state index in [0.29, 0.717) is 40.1 Å². The molecule has 0 saturated heterocycles. The number of pyridine rings is 1. The summed E-state index contributed by atoms with van der Waals surface area (Å²) < 4.78 is 18.2. The molecular weight excluding hydrogens is 398 g/mol. The third kappa shape index (κ3) is 3.58. The largest absolute Gasteiger partial charge is 0.493 e. The van der Waals surface area contributed by atoms with Crippen LogP contribution in [0.5, 0.6) is 11.5 Å². The highest BCUT2D eigenvalue weighted by Gasteiger charge is 2.37. The number of allylic oxidation sites excluding steroid dienone is 1. The van der Waals surface area contributed by atoms with E-state index in [4.69, 9.17) is 19.3 Å². The van der Waals surface area contributed by atoms with E-state index in [1.165, 1.54) is 0 Å². The summed E-state index contributed by atoms with van der Waals surface area (Å²) in [6.07, 6.45) is 3.38. The molecule has 1 aliphatic heterocycles. The summed E-state index contributed by atoms with van der Waals surface area (Å²) in [6, 6.07) is 8.58. The van der Waals surface area contributed by atoms with Gasteiger partial charge in [0, 0.05) is 29.2 Å². The average molecular weight is 421 g/mol. The van der Waals surface area contributed by atoms with E-state index in [0.717, 1.165) is 5.56 Å². The van der Waals surface area contributed by atoms with E-state index >= 15 is 0 Å². The number of hydrogen-bond donors (Lipinski definition) is 1. The molecule has 0 fully saturated rings. The van der Waals surface area contributed by atoms with E-state index in [-0.39, 0.29) is 6.61 Å². The number of carbonyl (C=O) groups excluding carboxylic acids is 1. The fraction of sp³-hybridized carbons (Fsp3) is 0.273. The van der Waals surface area contributed by atoms with Crippen molar-refractivity contribution in [1.82, 2.24) is 19.7 Å². The Morgan fingerprint density at radius 2 is 2.03 bits per heavy atom. The van der Waals surface area contributed by atoms with Gasteiger partial charge in [0.25, 0.3) is 0 Å². The Morgan fingerprint density at radius 1 is 1.19 bits per heavy atom. The topological polar surface area (TPSA) is 100 Å². The lowest BCUT2D eigenvalue weighted by Crippen LogP contribution is -2.30. The molecule has 0 bridgehead atoms. The van der Waals surface area contributed by atoms with E-state index < -0.39 is 12.0 Å². The predicted molar refractivity (Wildman–Crippen MR) is 114 cm³/mol. The van der Waals surface area contributed by atoms with Gasteiger partial charge in [-0.05, 0) is 32.0 Å². The number of carbonyl (C=O) groups is 1. The Bertz CT molecular complexity index is 1140. The lowest BCUT2D eigenvalue weighted by atomic mass is 9.94. The first-order valence-electron chi connectivity index (χ1n) is 9.81. The molecule has 3 heterocycles. The van der Waals surface area contributed by atoms with E-state index in [1.807, 2.05) is 31.2 Å². The van der Waals surface area contributed by atoms with Gasteiger partial charge in [0.05, 0.1) is 26.4 Å². The molecule has 0 spiro atoms. The molecule has 0 aliphatic carbocycles. The van der Waals surface area contributed by atoms with Gasteiger partial charge in [-0.3, -0.25) is 4.98 Å². The average Bonchev–Trinajstić information content (AvgIpc) is 3.21. The second-order valence-electron chi connectivity index (χ2n) is 6.81. The van der Waals surface area contributed by atoms with Crippen LogP contribution >= 0.6 is 0 Å². The van der Waals surface area contributed by atoms with Gasteiger partial charge in [-0.15, -0.1) is 5.10 Å². The first-order valence-corrected chi connectivity index (χ1v) is 9.81. The summed E-state index contributed by atoms with van der Waals surface area (Å²) in [5.41, 5.74) is 2.52. The van der Waals surface area contributed by atoms with Crippen molar-refractivity contribution < 1.29 is 19.0 Å². The monoisotopic (exact) mass is 421 g/mol. The summed E-state index contributed by atoms with van der Waals surface area (Å²) in [6.45, 7) is 3.84. The molecule has 1 aromatic carbocycles. The number of ether oxygens (including phenoxy) is 3. The normalized spacial score (nSPS) is 15.2. The van der Waals surface area contributed by atoms with Crippen LogP contribution in [-0.4, -0.2) is 46.5 Å². The maximum absolute atomic E-state index is 13.0. The van der Waals surface area contributed by atoms with E-state index in [2.05, 4.69) is 15.3 Å². The summed E-state index contributed by atoms with van der Waals surface area (Å²) in [4.78, 5) is 21.7. The van der Waals surface area contributed by atoms with Gasteiger partial charge in [0.1, 0.15) is 6.04 Å². The maximum Gasteiger partial charge on any atom is 0.338 e. The van der Waals surface area contributed by atoms with Gasteiger partial charge in [0.15, 0.2) is 17.3 Å². The zero-order valence-electron chi connectivity index (χ0n) is 17.7. The van der Waals surface area contributed by atoms with Gasteiger partial charge in [-0.2, -0.15) is 4.98 Å². The molecule has 0 radical (unpaired) electrons. The van der Waals surface area contributed by atoms with Crippen molar-refractivity contribution in [3.05, 3.63) is 59.6 Å². The molecule has 0 amide bonds. The minimum atomic E-state index is -0.627. The minimum Gasteiger partial charge on any atom is -0.493 e. The van der Waals surface area contributed by atoms with Crippen LogP contribution in [0.1, 0.15) is 25.5 Å². The number of para-hydroxylation sites is 1. The first kappa shape index (κ1) is 20.4. The lowest BCUT2D eigenvalue weighted by molar-refractivity contribution is -0.139. The number of aromatic nitrogens is 4. The van der Waals surface area contributed by atoms with Crippen LogP contribution in [0.3, 0.4) is 0 Å². The molecule has 1 aliphatic rings. The number of rotatable bonds is 6. The fourth-order valence-electron chi connectivity index (χ4n) is 3.66. The van der Waals surface area contributed by atoms with E-state index in [9.17, 15) is 4.79 Å². The molecule has 160 valence electrons. The van der Waals surface area contributed by atoms with Crippen molar-refractivity contribution in [2.45, 2.75) is 19.9 Å². The Balaban J connectivity index is 1.93. The fourth-order valence-corrected chi connectivity index (χ4v) is 3.66. The standard InChI is InChI=1S/C22H23N5O4/c1-5-31-21(28)17-13(2)24-22-25-20(14-8-7-11-23-12-14)26-27(22)18(17)15-9-6-10-16(29-3)19(15)30-4/h6-12,18H,5H2,1-4H3,(H,24,25,26). The lowest BCUT2D eigenvalue weighted by Gasteiger charge is -2.29. The number of methoxy groups -OCH3 is 2. The zero-order valence-corrected chi connectivity index (χ0v) is 17.7. The number of nitrogens with zero attached hydrogens (tertiary/aromatic N) is 4. The SMILES string of the molecule is CCOC(=O)C1=C(C)Nc2nc(-c3cccnc3)nn2C1c1cccc(OC)c1OC. The molecule has 4 rings (SSSR count). The van der Waals surface area contributed by atoms with Crippen molar-refractivity contribution in [1.29, 1.82) is 0 Å². The van der Waals surface area contributed by atoms with Gasteiger partial charge in [-0.1, -0.05) is 12.1 Å². The van der Waals surface area contributed by atoms with Crippen molar-refractivity contribution in [2.75, 3.05) is 26.1 Å². The minimum absolute atomic E-state index is 0.253. The molecule has 31 heavy (non-hydrogen) atoms. The van der Waals surface area contributed by atoms with Crippen LogP contribution in [0.15, 0.2) is 54.0 Å². The number of benzene rings is 1. The molecule has 2 aromatic heterocycles. The molecule has 0 saturated carbocycles. The van der Waals surface area contributed by atoms with Crippen LogP contribution in [-0.2, 0) is 9.53 Å². The van der Waals surface area contributed by atoms with Crippen molar-refractivity contribution in [2.24, 2.45) is 0 Å². The molecule has 9 nitrogen and oxygen atoms in total. The highest BCUT2D eigenvalue weighted by Crippen LogP contribution is 2.43.